The largest absolute Gasteiger partial charge is 0.350 e. The second-order valence-corrected chi connectivity index (χ2v) is 1.98. The van der Waals surface area contributed by atoms with Gasteiger partial charge in [0.1, 0.15) is 5.92 Å². The van der Waals surface area contributed by atoms with Crippen LogP contribution in [-0.2, 0) is 9.53 Å². The van der Waals surface area contributed by atoms with Gasteiger partial charge < -0.3 is 4.74 Å². The van der Waals surface area contributed by atoms with E-state index in [1.165, 1.54) is 6.26 Å². The first-order valence-electron chi connectivity index (χ1n) is 3.25. The topological polar surface area (TPSA) is 73.9 Å². The number of rotatable bonds is 3. The maximum Gasteiger partial charge on any atom is 0.338 e. The molecule has 58 valence electrons. The van der Waals surface area contributed by atoms with Crippen LogP contribution >= 0.6 is 0 Å². The lowest BCUT2D eigenvalue weighted by atomic mass is 10.1. The molecule has 0 aromatic rings. The Balaban J connectivity index is 3.97. The van der Waals surface area contributed by atoms with Crippen LogP contribution in [0, 0.1) is 28.8 Å². The van der Waals surface area contributed by atoms with E-state index in [2.05, 4.69) is 4.74 Å². The molecule has 0 amide bonds. The summed E-state index contributed by atoms with van der Waals surface area (Å²) in [5.41, 5.74) is 0. The van der Waals surface area contributed by atoms with Crippen LogP contribution < -0.4 is 0 Å². The second-order valence-electron chi connectivity index (χ2n) is 1.98. The molecule has 0 fully saturated rings. The quantitative estimate of drug-likeness (QED) is 0.445. The van der Waals surface area contributed by atoms with Crippen molar-refractivity contribution in [2.75, 3.05) is 0 Å². The van der Waals surface area contributed by atoms with Crippen LogP contribution in [0.25, 0.3) is 0 Å². The van der Waals surface area contributed by atoms with E-state index in [4.69, 9.17) is 10.5 Å². The Morgan fingerprint density at radius 2 is 2.27 bits per heavy atom. The summed E-state index contributed by atoms with van der Waals surface area (Å²) in [6.45, 7) is 1.85. The Bertz CT molecular complexity index is 211. The summed E-state index contributed by atoms with van der Waals surface area (Å²) in [7, 11) is 0. The molecular weight excluding hydrogens is 144 g/mol. The normalized spacial score (nSPS) is 10.8. The van der Waals surface area contributed by atoms with Crippen molar-refractivity contribution >= 4 is 5.97 Å². The molecule has 4 heteroatoms. The maximum absolute atomic E-state index is 10.7. The summed E-state index contributed by atoms with van der Waals surface area (Å²) in [6.07, 6.45) is 2.40. The van der Waals surface area contributed by atoms with Crippen molar-refractivity contribution in [3.63, 3.8) is 0 Å². The average molecular weight is 152 g/mol. The van der Waals surface area contributed by atoms with Gasteiger partial charge in [-0.25, -0.2) is 4.79 Å². The minimum Gasteiger partial charge on any atom is -0.350 e. The number of nitriles is 2. The van der Waals surface area contributed by atoms with Crippen LogP contribution in [-0.4, -0.2) is 5.97 Å². The summed E-state index contributed by atoms with van der Waals surface area (Å²) in [5, 5.41) is 16.3. The summed E-state index contributed by atoms with van der Waals surface area (Å²) in [6, 6.07) is 1.76. The van der Waals surface area contributed by atoms with Gasteiger partial charge in [0.15, 0.2) is 0 Å². The van der Waals surface area contributed by atoms with E-state index in [9.17, 15) is 4.79 Å². The van der Waals surface area contributed by atoms with Crippen LogP contribution in [0.15, 0.2) is 0 Å². The van der Waals surface area contributed by atoms with Gasteiger partial charge in [-0.15, -0.1) is 5.26 Å². The molecule has 0 rings (SSSR count). The molecule has 0 aliphatic carbocycles. The zero-order valence-corrected chi connectivity index (χ0v) is 6.20. The minimum atomic E-state index is -0.792. The molecule has 1 atom stereocenters. The number of carbonyl (C=O) groups excluding carboxylic acids is 1. The van der Waals surface area contributed by atoms with E-state index in [1.807, 2.05) is 6.92 Å². The molecule has 0 radical (unpaired) electrons. The highest BCUT2D eigenvalue weighted by molar-refractivity contribution is 5.75. The van der Waals surface area contributed by atoms with Gasteiger partial charge >= 0.3 is 5.97 Å². The third kappa shape index (κ3) is 3.22. The summed E-state index contributed by atoms with van der Waals surface area (Å²) in [5.74, 6) is -1.54. The average Bonchev–Trinajstić information content (AvgIpc) is 2.00. The van der Waals surface area contributed by atoms with Gasteiger partial charge in [-0.1, -0.05) is 13.3 Å². The summed E-state index contributed by atoms with van der Waals surface area (Å²) >= 11 is 0. The van der Waals surface area contributed by atoms with Crippen LogP contribution in [0.3, 0.4) is 0 Å². The molecule has 0 heterocycles. The van der Waals surface area contributed by atoms with Crippen molar-refractivity contribution in [3.05, 3.63) is 0 Å². The van der Waals surface area contributed by atoms with Gasteiger partial charge in [-0.2, -0.15) is 5.26 Å². The second kappa shape index (κ2) is 5.25. The van der Waals surface area contributed by atoms with Crippen molar-refractivity contribution in [3.8, 4) is 12.3 Å². The minimum absolute atomic E-state index is 0.441. The van der Waals surface area contributed by atoms with Gasteiger partial charge in [-0.3, -0.25) is 0 Å². The maximum atomic E-state index is 10.7. The Labute approximate surface area is 65.0 Å². The molecule has 4 nitrogen and oxygen atoms in total. The number of hydrogen-bond acceptors (Lipinski definition) is 4. The van der Waals surface area contributed by atoms with Crippen LogP contribution in [0.4, 0.5) is 0 Å². The molecular formula is C7H8N2O2. The predicted octanol–water partition coefficient (Wildman–Crippen LogP) is 0.951. The number of nitrogens with zero attached hydrogens (tertiary/aromatic N) is 2. The molecule has 0 aliphatic heterocycles. The first-order chi connectivity index (χ1) is 5.26. The van der Waals surface area contributed by atoms with Crippen LogP contribution in [0.1, 0.15) is 19.8 Å². The van der Waals surface area contributed by atoms with Crippen molar-refractivity contribution in [2.45, 2.75) is 19.8 Å². The number of hydrogen-bond donors (Lipinski definition) is 0. The highest BCUT2D eigenvalue weighted by Crippen LogP contribution is 2.06. The van der Waals surface area contributed by atoms with Gasteiger partial charge in [0.25, 0.3) is 6.26 Å². The standard InChI is InChI=1S/C7H8N2O2/c1-2-3-6(4-8)7(10)11-5-9/h6H,2-3H2,1H3. The highest BCUT2D eigenvalue weighted by Gasteiger charge is 2.17. The van der Waals surface area contributed by atoms with Crippen molar-refractivity contribution in [1.82, 2.24) is 0 Å². The number of carbonyl (C=O) groups is 1. The van der Waals surface area contributed by atoms with Gasteiger partial charge in [0, 0.05) is 0 Å². The SMILES string of the molecule is CCCC(C#N)C(=O)OC#N. The lowest BCUT2D eigenvalue weighted by molar-refractivity contribution is -0.139. The molecule has 11 heavy (non-hydrogen) atoms. The van der Waals surface area contributed by atoms with Crippen LogP contribution in [0.5, 0.6) is 0 Å². The number of esters is 1. The van der Waals surface area contributed by atoms with E-state index in [0.29, 0.717) is 6.42 Å². The summed E-state index contributed by atoms with van der Waals surface area (Å²) < 4.78 is 3.99. The molecule has 0 N–H and O–H groups in total. The van der Waals surface area contributed by atoms with E-state index in [-0.39, 0.29) is 0 Å². The lowest BCUT2D eigenvalue weighted by Gasteiger charge is -2.00. The van der Waals surface area contributed by atoms with Crippen LogP contribution in [0.2, 0.25) is 0 Å². The van der Waals surface area contributed by atoms with Crippen molar-refractivity contribution in [1.29, 1.82) is 10.5 Å². The Hall–Kier alpha value is -1.55. The van der Waals surface area contributed by atoms with Gasteiger partial charge in [0.2, 0.25) is 0 Å². The fourth-order valence-electron chi connectivity index (χ4n) is 0.640. The summed E-state index contributed by atoms with van der Waals surface area (Å²) in [4.78, 5) is 10.7. The van der Waals surface area contributed by atoms with E-state index in [1.54, 1.807) is 6.07 Å². The Kier molecular flexibility index (Phi) is 4.51. The molecule has 0 saturated carbocycles. The zero-order chi connectivity index (χ0) is 8.69. The van der Waals surface area contributed by atoms with Gasteiger partial charge in [-0.05, 0) is 6.42 Å². The molecule has 0 aliphatic rings. The molecule has 1 unspecified atom stereocenters. The van der Waals surface area contributed by atoms with Gasteiger partial charge in [0.05, 0.1) is 6.07 Å². The first-order valence-corrected chi connectivity index (χ1v) is 3.25. The lowest BCUT2D eigenvalue weighted by Crippen LogP contribution is -2.13. The smallest absolute Gasteiger partial charge is 0.338 e. The molecule has 0 bridgehead atoms. The molecule has 0 aromatic carbocycles. The predicted molar refractivity (Wildman–Crippen MR) is 35.7 cm³/mol. The monoisotopic (exact) mass is 152 g/mol. The van der Waals surface area contributed by atoms with E-state index >= 15 is 0 Å². The molecule has 0 saturated heterocycles. The van der Waals surface area contributed by atoms with Crippen molar-refractivity contribution < 1.29 is 9.53 Å². The Morgan fingerprint density at radius 3 is 2.64 bits per heavy atom. The Morgan fingerprint density at radius 1 is 1.64 bits per heavy atom. The fourth-order valence-corrected chi connectivity index (χ4v) is 0.640. The molecule has 0 spiro atoms. The molecule has 0 aromatic heterocycles. The fraction of sp³-hybridized carbons (Fsp3) is 0.571. The number of ether oxygens (including phenoxy) is 1. The third-order valence-corrected chi connectivity index (χ3v) is 1.16. The third-order valence-electron chi connectivity index (χ3n) is 1.16. The zero-order valence-electron chi connectivity index (χ0n) is 6.20. The van der Waals surface area contributed by atoms with E-state index < -0.39 is 11.9 Å². The van der Waals surface area contributed by atoms with E-state index in [0.717, 1.165) is 6.42 Å². The van der Waals surface area contributed by atoms with Crippen molar-refractivity contribution in [2.24, 2.45) is 5.92 Å². The first kappa shape index (κ1) is 9.45. The highest BCUT2D eigenvalue weighted by atomic mass is 16.5.